The first kappa shape index (κ1) is 24.9. The van der Waals surface area contributed by atoms with E-state index in [9.17, 15) is 0 Å². The minimum Gasteiger partial charge on any atom is -0.439 e. The first-order valence-electron chi connectivity index (χ1n) is 13.1. The Labute approximate surface area is 231 Å². The van der Waals surface area contributed by atoms with Crippen LogP contribution in [0, 0.1) is 0 Å². The van der Waals surface area contributed by atoms with Gasteiger partial charge in [0.2, 0.25) is 5.88 Å². The number of pyridine rings is 2. The first-order valence-corrected chi connectivity index (χ1v) is 15.6. The first-order chi connectivity index (χ1) is 18.8. The largest absolute Gasteiger partial charge is 0.439 e. The Morgan fingerprint density at radius 2 is 1.31 bits per heavy atom. The zero-order valence-electron chi connectivity index (χ0n) is 23.0. The summed E-state index contributed by atoms with van der Waals surface area (Å²) in [5.41, 5.74) is 7.15. The molecule has 0 saturated carbocycles. The minimum absolute atomic E-state index is 0.578. The van der Waals surface area contributed by atoms with Gasteiger partial charge in [-0.25, -0.2) is 4.98 Å². The van der Waals surface area contributed by atoms with Gasteiger partial charge in [0.1, 0.15) is 5.75 Å². The van der Waals surface area contributed by atoms with Crippen molar-refractivity contribution in [1.29, 1.82) is 0 Å². The number of aromatic nitrogens is 2. The van der Waals surface area contributed by atoms with Gasteiger partial charge in [-0.1, -0.05) is 61.1 Å². The topological polar surface area (TPSA) is 41.5 Å². The summed E-state index contributed by atoms with van der Waals surface area (Å²) in [6.07, 6.45) is 3.73. The third-order valence-corrected chi connectivity index (χ3v) is 12.0. The molecule has 3 aromatic carbocycles. The van der Waals surface area contributed by atoms with Crippen molar-refractivity contribution in [1.82, 2.24) is 9.97 Å². The fourth-order valence-electron chi connectivity index (χ4n) is 5.51. The molecule has 1 aliphatic heterocycles. The molecular formula is C33H32N4OSi. The predicted octanol–water partition coefficient (Wildman–Crippen LogP) is 5.15. The maximum absolute atomic E-state index is 6.18. The highest BCUT2D eigenvalue weighted by Gasteiger charge is 2.44. The van der Waals surface area contributed by atoms with Crippen LogP contribution in [0.4, 0.5) is 11.4 Å². The van der Waals surface area contributed by atoms with Crippen molar-refractivity contribution < 1.29 is 4.74 Å². The molecule has 0 spiro atoms. The molecule has 1 unspecified atom stereocenters. The Balaban J connectivity index is 1.43. The number of hydrogen-bond donors (Lipinski definition) is 0. The van der Waals surface area contributed by atoms with E-state index >= 15 is 0 Å². The normalized spacial score (nSPS) is 15.4. The molecule has 6 heteroatoms. The van der Waals surface area contributed by atoms with Gasteiger partial charge in [0, 0.05) is 63.3 Å². The summed E-state index contributed by atoms with van der Waals surface area (Å²) >= 11 is 0. The summed E-state index contributed by atoms with van der Waals surface area (Å²) in [7, 11) is 5.86. The molecule has 194 valence electrons. The van der Waals surface area contributed by atoms with E-state index in [1.807, 2.05) is 49.5 Å². The molecule has 0 radical (unpaired) electrons. The molecule has 0 fully saturated rings. The van der Waals surface area contributed by atoms with E-state index in [0.29, 0.717) is 5.88 Å². The summed E-state index contributed by atoms with van der Waals surface area (Å²) in [6.45, 7) is 2.44. The van der Waals surface area contributed by atoms with E-state index in [1.165, 1.54) is 38.1 Å². The molecule has 1 aliphatic rings. The van der Waals surface area contributed by atoms with E-state index in [4.69, 9.17) is 9.72 Å². The molecule has 6 rings (SSSR count). The number of fused-ring (bicyclic) bond motifs is 3. The van der Waals surface area contributed by atoms with Gasteiger partial charge in [0.05, 0.1) is 0 Å². The third-order valence-electron chi connectivity index (χ3n) is 7.71. The van der Waals surface area contributed by atoms with Crippen LogP contribution in [0.3, 0.4) is 0 Å². The molecule has 0 N–H and O–H groups in total. The number of rotatable bonds is 6. The summed E-state index contributed by atoms with van der Waals surface area (Å²) in [5, 5.41) is 4.00. The zero-order valence-corrected chi connectivity index (χ0v) is 24.0. The van der Waals surface area contributed by atoms with Crippen molar-refractivity contribution in [2.75, 3.05) is 38.0 Å². The third kappa shape index (κ3) is 4.37. The molecule has 39 heavy (non-hydrogen) atoms. The Hall–Kier alpha value is -4.42. The second-order valence-corrected chi connectivity index (χ2v) is 14.4. The van der Waals surface area contributed by atoms with E-state index in [-0.39, 0.29) is 0 Å². The molecule has 0 aliphatic carbocycles. The van der Waals surface area contributed by atoms with Gasteiger partial charge < -0.3 is 14.5 Å². The van der Waals surface area contributed by atoms with Crippen LogP contribution < -0.4 is 30.2 Å². The number of hydrogen-bond acceptors (Lipinski definition) is 5. The van der Waals surface area contributed by atoms with E-state index < -0.39 is 8.07 Å². The van der Waals surface area contributed by atoms with Crippen LogP contribution >= 0.6 is 0 Å². The molecule has 0 bridgehead atoms. The van der Waals surface area contributed by atoms with Gasteiger partial charge in [0.15, 0.2) is 8.07 Å². The van der Waals surface area contributed by atoms with Crippen LogP contribution in [0.1, 0.15) is 0 Å². The predicted molar refractivity (Wildman–Crippen MR) is 165 cm³/mol. The summed E-state index contributed by atoms with van der Waals surface area (Å²) in [6, 6.07) is 32.3. The van der Waals surface area contributed by atoms with Gasteiger partial charge in [0.25, 0.3) is 0 Å². The van der Waals surface area contributed by atoms with Gasteiger partial charge in [-0.05, 0) is 63.0 Å². The number of nitrogens with zero attached hydrogens (tertiary/aromatic N) is 4. The van der Waals surface area contributed by atoms with Gasteiger partial charge in [-0.2, -0.15) is 0 Å². The molecule has 5 nitrogen and oxygen atoms in total. The van der Waals surface area contributed by atoms with Crippen molar-refractivity contribution in [3.63, 3.8) is 0 Å². The summed E-state index contributed by atoms with van der Waals surface area (Å²) in [4.78, 5) is 13.6. The number of anilines is 2. The average Bonchev–Trinajstić information content (AvgIpc) is 3.22. The second kappa shape index (κ2) is 9.71. The maximum atomic E-state index is 6.18. The highest BCUT2D eigenvalue weighted by Crippen LogP contribution is 2.33. The van der Waals surface area contributed by atoms with Crippen molar-refractivity contribution in [3.8, 4) is 33.9 Å². The lowest BCUT2D eigenvalue weighted by Crippen LogP contribution is -2.63. The standard InChI is InChI=1S/C33H32N4OSi/c1-36(2)25-15-17-34-32(21-25)38-27-10-8-9-23(19-27)24-13-14-29-28-11-6-7-12-30(28)39(5,31(29)20-24)33-22-26(37(3)4)16-18-35-33/h6-22H,1-5H3. The Kier molecular flexibility index (Phi) is 6.20. The fraction of sp³-hybridized carbons (Fsp3) is 0.152. The second-order valence-electron chi connectivity index (χ2n) is 10.6. The van der Waals surface area contributed by atoms with Gasteiger partial charge >= 0.3 is 0 Å². The summed E-state index contributed by atoms with van der Waals surface area (Å²) < 4.78 is 6.18. The Bertz CT molecular complexity index is 1680. The molecule has 0 saturated heterocycles. The Morgan fingerprint density at radius 1 is 0.615 bits per heavy atom. The summed E-state index contributed by atoms with van der Waals surface area (Å²) in [5.74, 6) is 1.34. The van der Waals surface area contributed by atoms with Crippen LogP contribution in [0.5, 0.6) is 11.6 Å². The zero-order chi connectivity index (χ0) is 27.1. The van der Waals surface area contributed by atoms with Crippen LogP contribution in [-0.4, -0.2) is 46.2 Å². The quantitative estimate of drug-likeness (QED) is 0.285. The minimum atomic E-state index is -2.32. The van der Waals surface area contributed by atoms with Crippen molar-refractivity contribution in [3.05, 3.63) is 103 Å². The lowest BCUT2D eigenvalue weighted by molar-refractivity contribution is 0.463. The average molecular weight is 529 g/mol. The van der Waals surface area contributed by atoms with Crippen molar-refractivity contribution >= 4 is 35.1 Å². The monoisotopic (exact) mass is 528 g/mol. The number of ether oxygens (including phenoxy) is 1. The molecule has 2 aromatic heterocycles. The van der Waals surface area contributed by atoms with E-state index in [1.54, 1.807) is 6.20 Å². The van der Waals surface area contributed by atoms with Crippen LogP contribution in [-0.2, 0) is 0 Å². The highest BCUT2D eigenvalue weighted by atomic mass is 28.3. The molecule has 3 heterocycles. The number of benzene rings is 3. The molecule has 5 aromatic rings. The van der Waals surface area contributed by atoms with Crippen LogP contribution in [0.15, 0.2) is 103 Å². The van der Waals surface area contributed by atoms with Gasteiger partial charge in [-0.3, -0.25) is 4.98 Å². The fourth-order valence-corrected chi connectivity index (χ4v) is 9.51. The molecular weight excluding hydrogens is 496 g/mol. The SMILES string of the molecule is CN(C)c1ccnc(Oc2cccc(-c3ccc4c(c3)[Si](C)(c3cc(N(C)C)ccn3)c3ccccc3-4)c2)c1. The lowest BCUT2D eigenvalue weighted by atomic mass is 10.0. The van der Waals surface area contributed by atoms with Crippen LogP contribution in [0.25, 0.3) is 22.3 Å². The van der Waals surface area contributed by atoms with Crippen molar-refractivity contribution in [2.45, 2.75) is 6.55 Å². The molecule has 0 amide bonds. The molecule has 1 atom stereocenters. The van der Waals surface area contributed by atoms with E-state index in [0.717, 1.165) is 17.0 Å². The Morgan fingerprint density at radius 3 is 2.10 bits per heavy atom. The highest BCUT2D eigenvalue weighted by molar-refractivity contribution is 7.13. The lowest BCUT2D eigenvalue weighted by Gasteiger charge is -2.26. The van der Waals surface area contributed by atoms with Gasteiger partial charge in [-0.15, -0.1) is 0 Å². The maximum Gasteiger partial charge on any atom is 0.221 e. The van der Waals surface area contributed by atoms with E-state index in [2.05, 4.69) is 97.3 Å². The smallest absolute Gasteiger partial charge is 0.221 e. The van der Waals surface area contributed by atoms with Crippen molar-refractivity contribution in [2.24, 2.45) is 0 Å². The van der Waals surface area contributed by atoms with Crippen LogP contribution in [0.2, 0.25) is 6.55 Å².